The summed E-state index contributed by atoms with van der Waals surface area (Å²) < 4.78 is 2.15. The van der Waals surface area contributed by atoms with Gasteiger partial charge in [0.25, 0.3) is 0 Å². The van der Waals surface area contributed by atoms with Crippen molar-refractivity contribution in [1.29, 1.82) is 0 Å². The van der Waals surface area contributed by atoms with Gasteiger partial charge in [0.2, 0.25) is 0 Å². The van der Waals surface area contributed by atoms with E-state index >= 15 is 0 Å². The standard InChI is InChI=1S/C20H13N3S/c1-2-6-14(7-3-1)15-10-11-21-17(12-15)19-13-23-18-9-5-4-8-16(18)22-20(23)24-19/h1-13H. The number of aromatic nitrogens is 3. The van der Waals surface area contributed by atoms with E-state index in [2.05, 4.69) is 52.0 Å². The molecule has 0 fully saturated rings. The van der Waals surface area contributed by atoms with Crippen molar-refractivity contribution in [3.8, 4) is 21.7 Å². The van der Waals surface area contributed by atoms with E-state index in [-0.39, 0.29) is 0 Å². The number of nitrogens with zero attached hydrogens (tertiary/aromatic N) is 3. The predicted molar refractivity (Wildman–Crippen MR) is 99.2 cm³/mol. The molecular formula is C20H13N3S. The number of fused-ring (bicyclic) bond motifs is 3. The summed E-state index contributed by atoms with van der Waals surface area (Å²) in [6.07, 6.45) is 4.00. The van der Waals surface area contributed by atoms with Crippen molar-refractivity contribution in [3.63, 3.8) is 0 Å². The smallest absolute Gasteiger partial charge is 0.195 e. The van der Waals surface area contributed by atoms with Crippen LogP contribution in [-0.4, -0.2) is 14.4 Å². The van der Waals surface area contributed by atoms with Gasteiger partial charge in [0.15, 0.2) is 4.96 Å². The van der Waals surface area contributed by atoms with Gasteiger partial charge in [-0.2, -0.15) is 0 Å². The lowest BCUT2D eigenvalue weighted by Crippen LogP contribution is -1.83. The third kappa shape index (κ3) is 2.12. The van der Waals surface area contributed by atoms with Crippen LogP contribution in [0.2, 0.25) is 0 Å². The molecule has 0 aliphatic rings. The van der Waals surface area contributed by atoms with Gasteiger partial charge in [-0.15, -0.1) is 0 Å². The van der Waals surface area contributed by atoms with Crippen molar-refractivity contribution >= 4 is 27.3 Å². The topological polar surface area (TPSA) is 30.2 Å². The van der Waals surface area contributed by atoms with Crippen molar-refractivity contribution in [2.45, 2.75) is 0 Å². The van der Waals surface area contributed by atoms with Crippen molar-refractivity contribution in [2.75, 3.05) is 0 Å². The summed E-state index contributed by atoms with van der Waals surface area (Å²) in [7, 11) is 0. The zero-order valence-electron chi connectivity index (χ0n) is 12.8. The molecule has 3 heterocycles. The van der Waals surface area contributed by atoms with Gasteiger partial charge >= 0.3 is 0 Å². The second-order valence-corrected chi connectivity index (χ2v) is 6.65. The molecule has 2 aromatic carbocycles. The molecule has 0 aliphatic heterocycles. The minimum absolute atomic E-state index is 0.982. The second-order valence-electron chi connectivity index (χ2n) is 5.64. The number of rotatable bonds is 2. The third-order valence-corrected chi connectivity index (χ3v) is 5.14. The van der Waals surface area contributed by atoms with Crippen molar-refractivity contribution in [1.82, 2.24) is 14.4 Å². The Labute approximate surface area is 142 Å². The monoisotopic (exact) mass is 327 g/mol. The van der Waals surface area contributed by atoms with E-state index in [9.17, 15) is 0 Å². The van der Waals surface area contributed by atoms with Crippen LogP contribution in [0, 0.1) is 0 Å². The van der Waals surface area contributed by atoms with E-state index in [4.69, 9.17) is 4.98 Å². The van der Waals surface area contributed by atoms with Crippen LogP contribution in [0.5, 0.6) is 0 Å². The Kier molecular flexibility index (Phi) is 2.96. The summed E-state index contributed by atoms with van der Waals surface area (Å²) in [5.41, 5.74) is 5.52. The summed E-state index contributed by atoms with van der Waals surface area (Å²) in [4.78, 5) is 11.4. The quantitative estimate of drug-likeness (QED) is 0.442. The molecule has 0 spiro atoms. The van der Waals surface area contributed by atoms with Crippen molar-refractivity contribution < 1.29 is 0 Å². The lowest BCUT2D eigenvalue weighted by atomic mass is 10.1. The molecule has 0 atom stereocenters. The zero-order valence-corrected chi connectivity index (χ0v) is 13.6. The number of para-hydroxylation sites is 2. The van der Waals surface area contributed by atoms with Gasteiger partial charge in [-0.3, -0.25) is 9.38 Å². The number of hydrogen-bond acceptors (Lipinski definition) is 3. The fourth-order valence-corrected chi connectivity index (χ4v) is 3.92. The van der Waals surface area contributed by atoms with Crippen LogP contribution in [0.15, 0.2) is 79.1 Å². The molecular weight excluding hydrogens is 314 g/mol. The second kappa shape index (κ2) is 5.28. The van der Waals surface area contributed by atoms with Crippen molar-refractivity contribution in [2.24, 2.45) is 0 Å². The van der Waals surface area contributed by atoms with Gasteiger partial charge < -0.3 is 0 Å². The fourth-order valence-electron chi connectivity index (χ4n) is 2.95. The Balaban J connectivity index is 1.65. The average molecular weight is 327 g/mol. The lowest BCUT2D eigenvalue weighted by Gasteiger charge is -2.03. The molecule has 0 N–H and O–H groups in total. The first-order valence-corrected chi connectivity index (χ1v) is 8.59. The molecule has 0 radical (unpaired) electrons. The van der Waals surface area contributed by atoms with Gasteiger partial charge in [0, 0.05) is 12.4 Å². The lowest BCUT2D eigenvalue weighted by molar-refractivity contribution is 1.27. The van der Waals surface area contributed by atoms with Crippen LogP contribution in [0.4, 0.5) is 0 Å². The van der Waals surface area contributed by atoms with E-state index in [1.165, 1.54) is 11.1 Å². The highest BCUT2D eigenvalue weighted by atomic mass is 32.1. The fraction of sp³-hybridized carbons (Fsp3) is 0. The maximum absolute atomic E-state index is 4.70. The molecule has 0 saturated heterocycles. The summed E-state index contributed by atoms with van der Waals surface area (Å²) in [6.45, 7) is 0. The Morgan fingerprint density at radius 3 is 2.58 bits per heavy atom. The summed E-state index contributed by atoms with van der Waals surface area (Å²) >= 11 is 1.67. The SMILES string of the molecule is c1ccc(-c2ccnc(-c3cn4c(nc5ccccc54)s3)c2)cc1. The maximum Gasteiger partial charge on any atom is 0.195 e. The van der Waals surface area contributed by atoms with Gasteiger partial charge in [-0.25, -0.2) is 4.98 Å². The number of benzene rings is 2. The molecule has 0 bridgehead atoms. The van der Waals surface area contributed by atoms with Gasteiger partial charge in [-0.05, 0) is 35.4 Å². The predicted octanol–water partition coefficient (Wildman–Crippen LogP) is 5.28. The highest BCUT2D eigenvalue weighted by Gasteiger charge is 2.11. The van der Waals surface area contributed by atoms with Crippen LogP contribution in [0.3, 0.4) is 0 Å². The molecule has 114 valence electrons. The number of imidazole rings is 1. The van der Waals surface area contributed by atoms with Crippen LogP contribution in [0.1, 0.15) is 0 Å². The van der Waals surface area contributed by atoms with E-state index in [1.54, 1.807) is 11.3 Å². The van der Waals surface area contributed by atoms with Crippen LogP contribution in [-0.2, 0) is 0 Å². The van der Waals surface area contributed by atoms with Crippen LogP contribution in [0.25, 0.3) is 37.7 Å². The van der Waals surface area contributed by atoms with E-state index < -0.39 is 0 Å². The molecule has 4 heteroatoms. The Morgan fingerprint density at radius 1 is 0.833 bits per heavy atom. The zero-order chi connectivity index (χ0) is 15.9. The molecule has 0 saturated carbocycles. The number of hydrogen-bond donors (Lipinski definition) is 0. The number of pyridine rings is 1. The molecule has 0 amide bonds. The van der Waals surface area contributed by atoms with Gasteiger partial charge in [-0.1, -0.05) is 53.8 Å². The van der Waals surface area contributed by atoms with E-state index in [0.29, 0.717) is 0 Å². The summed E-state index contributed by atoms with van der Waals surface area (Å²) in [5.74, 6) is 0. The average Bonchev–Trinajstić information content (AvgIpc) is 3.21. The number of thiazole rings is 1. The normalized spacial score (nSPS) is 11.3. The Bertz CT molecular complexity index is 1160. The highest BCUT2D eigenvalue weighted by molar-refractivity contribution is 7.20. The molecule has 3 nitrogen and oxygen atoms in total. The molecule has 5 rings (SSSR count). The molecule has 5 aromatic rings. The largest absolute Gasteiger partial charge is 0.290 e. The van der Waals surface area contributed by atoms with E-state index in [0.717, 1.165) is 26.6 Å². The minimum atomic E-state index is 0.982. The van der Waals surface area contributed by atoms with E-state index in [1.807, 2.05) is 36.5 Å². The third-order valence-electron chi connectivity index (χ3n) is 4.13. The van der Waals surface area contributed by atoms with Gasteiger partial charge in [0.1, 0.15) is 0 Å². The first kappa shape index (κ1) is 13.5. The Hall–Kier alpha value is -2.98. The molecule has 24 heavy (non-hydrogen) atoms. The minimum Gasteiger partial charge on any atom is -0.290 e. The molecule has 0 aliphatic carbocycles. The summed E-state index contributed by atoms with van der Waals surface area (Å²) in [5, 5.41) is 0. The molecule has 0 unspecified atom stereocenters. The molecule has 3 aromatic heterocycles. The first-order valence-electron chi connectivity index (χ1n) is 7.77. The Morgan fingerprint density at radius 2 is 1.67 bits per heavy atom. The maximum atomic E-state index is 4.70. The highest BCUT2D eigenvalue weighted by Crippen LogP contribution is 2.31. The van der Waals surface area contributed by atoms with Gasteiger partial charge in [0.05, 0.1) is 21.6 Å². The van der Waals surface area contributed by atoms with Crippen LogP contribution < -0.4 is 0 Å². The first-order chi connectivity index (χ1) is 11.9. The van der Waals surface area contributed by atoms with Crippen molar-refractivity contribution in [3.05, 3.63) is 79.1 Å². The summed E-state index contributed by atoms with van der Waals surface area (Å²) in [6, 6.07) is 22.8. The van der Waals surface area contributed by atoms with Crippen LogP contribution >= 0.6 is 11.3 Å².